The van der Waals surface area contributed by atoms with Crippen molar-refractivity contribution >= 4 is 23.2 Å². The van der Waals surface area contributed by atoms with Gasteiger partial charge in [0.2, 0.25) is 0 Å². The first-order chi connectivity index (χ1) is 9.15. The summed E-state index contributed by atoms with van der Waals surface area (Å²) in [5.41, 5.74) is 2.06. The number of rotatable bonds is 4. The van der Waals surface area contributed by atoms with Crippen LogP contribution in [0.5, 0.6) is 5.75 Å². The van der Waals surface area contributed by atoms with E-state index in [1.54, 1.807) is 7.11 Å². The van der Waals surface area contributed by atoms with E-state index in [1.165, 1.54) is 0 Å². The van der Waals surface area contributed by atoms with Crippen LogP contribution >= 0.6 is 23.2 Å². The molecule has 0 radical (unpaired) electrons. The highest BCUT2D eigenvalue weighted by atomic mass is 35.5. The van der Waals surface area contributed by atoms with Crippen molar-refractivity contribution in [2.75, 3.05) is 14.2 Å². The molecule has 0 saturated carbocycles. The standard InChI is InChI=1S/C15H15Cl2NO/c1-18-15(10-4-3-5-11(16)8-10)13-7-6-12(19-2)9-14(13)17/h3-9,15,18H,1-2H3. The highest BCUT2D eigenvalue weighted by Crippen LogP contribution is 2.31. The third-order valence-electron chi connectivity index (χ3n) is 2.99. The van der Waals surface area contributed by atoms with E-state index in [4.69, 9.17) is 27.9 Å². The van der Waals surface area contributed by atoms with Crippen molar-refractivity contribution in [3.8, 4) is 5.75 Å². The summed E-state index contributed by atoms with van der Waals surface area (Å²) < 4.78 is 5.16. The van der Waals surface area contributed by atoms with Crippen LogP contribution in [-0.2, 0) is 0 Å². The molecule has 2 aromatic carbocycles. The fraction of sp³-hybridized carbons (Fsp3) is 0.200. The minimum atomic E-state index is -0.00268. The number of halogens is 2. The lowest BCUT2D eigenvalue weighted by Gasteiger charge is -2.19. The van der Waals surface area contributed by atoms with Gasteiger partial charge in [0.05, 0.1) is 13.2 Å². The Kier molecular flexibility index (Phi) is 4.70. The zero-order chi connectivity index (χ0) is 13.8. The van der Waals surface area contributed by atoms with Gasteiger partial charge in [-0.15, -0.1) is 0 Å². The van der Waals surface area contributed by atoms with Crippen molar-refractivity contribution < 1.29 is 4.74 Å². The van der Waals surface area contributed by atoms with Gasteiger partial charge >= 0.3 is 0 Å². The Hall–Kier alpha value is -1.22. The van der Waals surface area contributed by atoms with Crippen LogP contribution in [0.1, 0.15) is 17.2 Å². The van der Waals surface area contributed by atoms with Crippen LogP contribution in [0.3, 0.4) is 0 Å². The molecule has 0 aliphatic heterocycles. The van der Waals surface area contributed by atoms with E-state index < -0.39 is 0 Å². The van der Waals surface area contributed by atoms with Crippen LogP contribution in [0.4, 0.5) is 0 Å². The molecule has 0 aliphatic carbocycles. The van der Waals surface area contributed by atoms with Crippen LogP contribution < -0.4 is 10.1 Å². The molecule has 0 spiro atoms. The van der Waals surface area contributed by atoms with Crippen molar-refractivity contribution in [2.24, 2.45) is 0 Å². The SMILES string of the molecule is CNC(c1cccc(Cl)c1)c1ccc(OC)cc1Cl. The molecular weight excluding hydrogens is 281 g/mol. The minimum absolute atomic E-state index is 0.00268. The molecule has 1 N–H and O–H groups in total. The molecule has 0 amide bonds. The molecule has 1 atom stereocenters. The van der Waals surface area contributed by atoms with Gasteiger partial charge in [-0.3, -0.25) is 0 Å². The largest absolute Gasteiger partial charge is 0.497 e. The van der Waals surface area contributed by atoms with Crippen LogP contribution in [-0.4, -0.2) is 14.2 Å². The van der Waals surface area contributed by atoms with E-state index >= 15 is 0 Å². The Morgan fingerprint density at radius 2 is 1.89 bits per heavy atom. The first-order valence-corrected chi connectivity index (χ1v) is 6.67. The summed E-state index contributed by atoms with van der Waals surface area (Å²) in [6.45, 7) is 0. The van der Waals surface area contributed by atoms with E-state index in [2.05, 4.69) is 5.32 Å². The molecule has 2 rings (SSSR count). The lowest BCUT2D eigenvalue weighted by molar-refractivity contribution is 0.414. The summed E-state index contributed by atoms with van der Waals surface area (Å²) in [4.78, 5) is 0. The topological polar surface area (TPSA) is 21.3 Å². The molecule has 0 aromatic heterocycles. The first-order valence-electron chi connectivity index (χ1n) is 5.92. The number of nitrogens with one attached hydrogen (secondary N) is 1. The lowest BCUT2D eigenvalue weighted by Crippen LogP contribution is -2.18. The molecule has 100 valence electrons. The van der Waals surface area contributed by atoms with Gasteiger partial charge in [0, 0.05) is 10.0 Å². The van der Waals surface area contributed by atoms with Crippen LogP contribution in [0.2, 0.25) is 10.0 Å². The maximum Gasteiger partial charge on any atom is 0.120 e. The van der Waals surface area contributed by atoms with Crippen LogP contribution in [0, 0.1) is 0 Å². The van der Waals surface area contributed by atoms with E-state index in [9.17, 15) is 0 Å². The van der Waals surface area contributed by atoms with E-state index in [0.29, 0.717) is 10.0 Å². The van der Waals surface area contributed by atoms with Crippen molar-refractivity contribution in [3.05, 3.63) is 63.6 Å². The number of hydrogen-bond acceptors (Lipinski definition) is 2. The predicted octanol–water partition coefficient (Wildman–Crippen LogP) is 4.31. The third-order valence-corrected chi connectivity index (χ3v) is 3.55. The van der Waals surface area contributed by atoms with Crippen LogP contribution in [0.15, 0.2) is 42.5 Å². The van der Waals surface area contributed by atoms with Crippen molar-refractivity contribution in [1.82, 2.24) is 5.32 Å². The molecule has 4 heteroatoms. The minimum Gasteiger partial charge on any atom is -0.497 e. The number of benzene rings is 2. The van der Waals surface area contributed by atoms with Crippen molar-refractivity contribution in [1.29, 1.82) is 0 Å². The van der Waals surface area contributed by atoms with Crippen molar-refractivity contribution in [2.45, 2.75) is 6.04 Å². The average molecular weight is 296 g/mol. The van der Waals surface area contributed by atoms with Gasteiger partial charge in [0.15, 0.2) is 0 Å². The fourth-order valence-corrected chi connectivity index (χ4v) is 2.54. The maximum atomic E-state index is 6.32. The highest BCUT2D eigenvalue weighted by Gasteiger charge is 2.15. The molecule has 0 aliphatic rings. The van der Waals surface area contributed by atoms with Gasteiger partial charge in [0.25, 0.3) is 0 Å². The molecule has 1 unspecified atom stereocenters. The van der Waals surface area contributed by atoms with E-state index in [1.807, 2.05) is 49.5 Å². The molecule has 0 saturated heterocycles. The molecular formula is C15H15Cl2NO. The Morgan fingerprint density at radius 3 is 2.47 bits per heavy atom. The highest BCUT2D eigenvalue weighted by molar-refractivity contribution is 6.31. The monoisotopic (exact) mass is 295 g/mol. The van der Waals surface area contributed by atoms with E-state index in [-0.39, 0.29) is 6.04 Å². The van der Waals surface area contributed by atoms with E-state index in [0.717, 1.165) is 16.9 Å². The number of hydrogen-bond donors (Lipinski definition) is 1. The average Bonchev–Trinajstić information content (AvgIpc) is 2.41. The van der Waals surface area contributed by atoms with Gasteiger partial charge in [-0.25, -0.2) is 0 Å². The summed E-state index contributed by atoms with van der Waals surface area (Å²) in [5, 5.41) is 4.63. The second-order valence-corrected chi connectivity index (χ2v) is 5.01. The molecule has 0 heterocycles. The van der Waals surface area contributed by atoms with Crippen LogP contribution in [0.25, 0.3) is 0 Å². The first kappa shape index (κ1) is 14.2. The number of ether oxygens (including phenoxy) is 1. The predicted molar refractivity (Wildman–Crippen MR) is 80.4 cm³/mol. The summed E-state index contributed by atoms with van der Waals surface area (Å²) in [6, 6.07) is 13.4. The molecule has 0 bridgehead atoms. The maximum absolute atomic E-state index is 6.32. The molecule has 2 nitrogen and oxygen atoms in total. The van der Waals surface area contributed by atoms with Gasteiger partial charge in [-0.05, 0) is 42.4 Å². The summed E-state index contributed by atoms with van der Waals surface area (Å²) in [7, 11) is 3.52. The quantitative estimate of drug-likeness (QED) is 0.907. The second-order valence-electron chi connectivity index (χ2n) is 4.16. The van der Waals surface area contributed by atoms with Gasteiger partial charge < -0.3 is 10.1 Å². The summed E-state index contributed by atoms with van der Waals surface area (Å²) >= 11 is 12.4. The Morgan fingerprint density at radius 1 is 1.11 bits per heavy atom. The zero-order valence-corrected chi connectivity index (χ0v) is 12.3. The van der Waals surface area contributed by atoms with Crippen molar-refractivity contribution in [3.63, 3.8) is 0 Å². The lowest BCUT2D eigenvalue weighted by atomic mass is 9.99. The Labute approximate surface area is 123 Å². The smallest absolute Gasteiger partial charge is 0.120 e. The Balaban J connectivity index is 2.42. The Bertz CT molecular complexity index is 572. The second kappa shape index (κ2) is 6.29. The molecule has 0 fully saturated rings. The summed E-state index contributed by atoms with van der Waals surface area (Å²) in [6.07, 6.45) is 0. The third kappa shape index (κ3) is 3.21. The van der Waals surface area contributed by atoms with Gasteiger partial charge in [-0.2, -0.15) is 0 Å². The number of methoxy groups -OCH3 is 1. The molecule has 19 heavy (non-hydrogen) atoms. The molecule has 2 aromatic rings. The summed E-state index contributed by atoms with van der Waals surface area (Å²) in [5.74, 6) is 0.745. The van der Waals surface area contributed by atoms with Gasteiger partial charge in [-0.1, -0.05) is 41.4 Å². The van der Waals surface area contributed by atoms with Gasteiger partial charge in [0.1, 0.15) is 5.75 Å². The fourth-order valence-electron chi connectivity index (χ4n) is 2.06. The zero-order valence-electron chi connectivity index (χ0n) is 10.8. The normalized spacial score (nSPS) is 12.2.